The number of ketones is 2. The largest absolute Gasteiger partial charge is 0.448 e. The number of hydrogen-bond donors (Lipinski definition) is 1. The van der Waals surface area contributed by atoms with Crippen molar-refractivity contribution in [3.8, 4) is 0 Å². The maximum absolute atomic E-state index is 13.1. The van der Waals surface area contributed by atoms with Gasteiger partial charge in [0.2, 0.25) is 0 Å². The fourth-order valence-corrected chi connectivity index (χ4v) is 4.20. The van der Waals surface area contributed by atoms with Crippen LogP contribution in [0.25, 0.3) is 10.8 Å². The van der Waals surface area contributed by atoms with Crippen LogP contribution in [0.4, 0.5) is 5.69 Å². The van der Waals surface area contributed by atoms with Gasteiger partial charge in [0.05, 0.1) is 16.6 Å². The lowest BCUT2D eigenvalue weighted by molar-refractivity contribution is -0.123. The molecular weight excluding hydrogens is 462 g/mol. The highest BCUT2D eigenvalue weighted by Crippen LogP contribution is 2.32. The van der Waals surface area contributed by atoms with Gasteiger partial charge in [-0.1, -0.05) is 54.6 Å². The van der Waals surface area contributed by atoms with Crippen LogP contribution in [-0.2, 0) is 16.6 Å². The summed E-state index contributed by atoms with van der Waals surface area (Å²) in [5, 5.41) is 7.21. The first-order valence-corrected chi connectivity index (χ1v) is 11.1. The Labute approximate surface area is 204 Å². The molecule has 1 aliphatic carbocycles. The average Bonchev–Trinajstić information content (AvgIpc) is 2.89. The number of carbonyl (C=O) groups is 4. The van der Waals surface area contributed by atoms with E-state index in [0.29, 0.717) is 16.3 Å². The molecule has 0 radical (unpaired) electrons. The highest BCUT2D eigenvalue weighted by molar-refractivity contribution is 6.30. The quantitative estimate of drug-likeness (QED) is 0.391. The minimum atomic E-state index is -1.27. The van der Waals surface area contributed by atoms with Crippen LogP contribution < -0.4 is 10.9 Å². The molecule has 0 aliphatic heterocycles. The Kier molecular flexibility index (Phi) is 5.52. The number of anilines is 1. The van der Waals surface area contributed by atoms with Gasteiger partial charge in [-0.05, 0) is 19.1 Å². The summed E-state index contributed by atoms with van der Waals surface area (Å²) in [6, 6.07) is 17.6. The number of carbonyl (C=O) groups excluding carboxylic acids is 4. The standard InChI is InChI=1S/C27H19N3O6/c1-14(36-27(35)22-15-8-3-6-11-18(15)26(34)30(2)29-22)25(33)28-20-13-7-12-19-21(20)24(32)17-10-5-4-9-16(17)23(19)31/h3-14H,1-2H3,(H,28,33). The minimum absolute atomic E-state index is 0.0822. The van der Waals surface area contributed by atoms with Crippen LogP contribution in [0.5, 0.6) is 0 Å². The predicted molar refractivity (Wildman–Crippen MR) is 130 cm³/mol. The smallest absolute Gasteiger partial charge is 0.360 e. The number of amides is 1. The van der Waals surface area contributed by atoms with E-state index in [2.05, 4.69) is 10.4 Å². The van der Waals surface area contributed by atoms with E-state index in [9.17, 15) is 24.0 Å². The van der Waals surface area contributed by atoms with E-state index in [1.807, 2.05) is 0 Å². The zero-order valence-electron chi connectivity index (χ0n) is 19.3. The molecule has 0 saturated carbocycles. The Bertz CT molecular complexity index is 1670. The van der Waals surface area contributed by atoms with Crippen molar-refractivity contribution >= 4 is 39.9 Å². The summed E-state index contributed by atoms with van der Waals surface area (Å²) >= 11 is 0. The van der Waals surface area contributed by atoms with E-state index in [1.165, 1.54) is 26.1 Å². The number of nitrogens with one attached hydrogen (secondary N) is 1. The van der Waals surface area contributed by atoms with Gasteiger partial charge < -0.3 is 10.1 Å². The van der Waals surface area contributed by atoms with E-state index in [0.717, 1.165) is 4.68 Å². The Morgan fingerprint density at radius 1 is 0.833 bits per heavy atom. The second-order valence-electron chi connectivity index (χ2n) is 8.29. The van der Waals surface area contributed by atoms with E-state index in [4.69, 9.17) is 4.74 Å². The number of aromatic nitrogens is 2. The van der Waals surface area contributed by atoms with Gasteiger partial charge in [-0.3, -0.25) is 19.2 Å². The maximum Gasteiger partial charge on any atom is 0.360 e. The van der Waals surface area contributed by atoms with Crippen molar-refractivity contribution in [3.63, 3.8) is 0 Å². The molecule has 178 valence electrons. The molecule has 1 unspecified atom stereocenters. The van der Waals surface area contributed by atoms with Crippen molar-refractivity contribution in [2.45, 2.75) is 13.0 Å². The molecule has 0 bridgehead atoms. The van der Waals surface area contributed by atoms with Gasteiger partial charge >= 0.3 is 5.97 Å². The third-order valence-electron chi connectivity index (χ3n) is 6.01. The van der Waals surface area contributed by atoms with Crippen molar-refractivity contribution < 1.29 is 23.9 Å². The summed E-state index contributed by atoms with van der Waals surface area (Å²) in [4.78, 5) is 64.2. The van der Waals surface area contributed by atoms with Crippen LogP contribution in [0.15, 0.2) is 71.5 Å². The molecule has 1 N–H and O–H groups in total. The zero-order chi connectivity index (χ0) is 25.6. The molecule has 0 fully saturated rings. The normalized spacial score (nSPS) is 13.1. The second kappa shape index (κ2) is 8.70. The van der Waals surface area contributed by atoms with Crippen LogP contribution in [0.1, 0.15) is 49.3 Å². The molecule has 9 heteroatoms. The first kappa shape index (κ1) is 22.9. The summed E-state index contributed by atoms with van der Waals surface area (Å²) < 4.78 is 6.37. The minimum Gasteiger partial charge on any atom is -0.448 e. The highest BCUT2D eigenvalue weighted by Gasteiger charge is 2.32. The summed E-state index contributed by atoms with van der Waals surface area (Å²) in [6.45, 7) is 1.37. The summed E-state index contributed by atoms with van der Waals surface area (Å²) in [5.41, 5.74) is 0.478. The molecule has 1 aliphatic rings. The van der Waals surface area contributed by atoms with Gasteiger partial charge in [-0.25, -0.2) is 9.48 Å². The molecule has 4 aromatic rings. The number of rotatable bonds is 4. The molecule has 0 saturated heterocycles. The molecule has 36 heavy (non-hydrogen) atoms. The monoisotopic (exact) mass is 481 g/mol. The number of benzene rings is 3. The van der Waals surface area contributed by atoms with Gasteiger partial charge in [-0.15, -0.1) is 0 Å². The zero-order valence-corrected chi connectivity index (χ0v) is 19.3. The van der Waals surface area contributed by atoms with E-state index >= 15 is 0 Å². The molecule has 3 aromatic carbocycles. The van der Waals surface area contributed by atoms with Crippen molar-refractivity contribution in [1.29, 1.82) is 0 Å². The first-order chi connectivity index (χ1) is 17.3. The summed E-state index contributed by atoms with van der Waals surface area (Å²) in [7, 11) is 1.41. The van der Waals surface area contributed by atoms with Crippen LogP contribution >= 0.6 is 0 Å². The molecule has 1 heterocycles. The number of ether oxygens (including phenoxy) is 1. The SMILES string of the molecule is CC(OC(=O)c1nn(C)c(=O)c2ccccc12)C(=O)Nc1cccc2c1C(=O)c1ccccc1C2=O. The number of fused-ring (bicyclic) bond motifs is 3. The van der Waals surface area contributed by atoms with E-state index in [-0.39, 0.29) is 45.2 Å². The molecule has 9 nitrogen and oxygen atoms in total. The molecule has 1 aromatic heterocycles. The lowest BCUT2D eigenvalue weighted by Crippen LogP contribution is -2.32. The highest BCUT2D eigenvalue weighted by atomic mass is 16.5. The summed E-state index contributed by atoms with van der Waals surface area (Å²) in [5.74, 6) is -2.30. The second-order valence-corrected chi connectivity index (χ2v) is 8.29. The lowest BCUT2D eigenvalue weighted by Gasteiger charge is -2.21. The van der Waals surface area contributed by atoms with Crippen LogP contribution in [0, 0.1) is 0 Å². The summed E-state index contributed by atoms with van der Waals surface area (Å²) in [6.07, 6.45) is -1.27. The van der Waals surface area contributed by atoms with Crippen LogP contribution in [-0.4, -0.2) is 39.3 Å². The number of hydrogen-bond acceptors (Lipinski definition) is 7. The van der Waals surface area contributed by atoms with Crippen LogP contribution in [0.2, 0.25) is 0 Å². The van der Waals surface area contributed by atoms with Gasteiger partial charge in [-0.2, -0.15) is 5.10 Å². The number of aryl methyl sites for hydroxylation is 1. The maximum atomic E-state index is 13.1. The van der Waals surface area contributed by atoms with E-state index < -0.39 is 18.0 Å². The lowest BCUT2D eigenvalue weighted by atomic mass is 9.83. The Morgan fingerprint density at radius 2 is 1.44 bits per heavy atom. The fourth-order valence-electron chi connectivity index (χ4n) is 4.20. The molecule has 1 atom stereocenters. The van der Waals surface area contributed by atoms with Crippen molar-refractivity contribution in [3.05, 3.63) is 105 Å². The Morgan fingerprint density at radius 3 is 2.17 bits per heavy atom. The van der Waals surface area contributed by atoms with Crippen molar-refractivity contribution in [1.82, 2.24) is 9.78 Å². The third-order valence-corrected chi connectivity index (χ3v) is 6.01. The van der Waals surface area contributed by atoms with Gasteiger partial charge in [0, 0.05) is 29.1 Å². The Balaban J connectivity index is 1.41. The molecule has 1 amide bonds. The molecule has 0 spiro atoms. The van der Waals surface area contributed by atoms with Gasteiger partial charge in [0.25, 0.3) is 11.5 Å². The number of esters is 1. The predicted octanol–water partition coefficient (Wildman–Crippen LogP) is 2.89. The van der Waals surface area contributed by atoms with Gasteiger partial charge in [0.15, 0.2) is 23.4 Å². The third kappa shape index (κ3) is 3.67. The fraction of sp³-hybridized carbons (Fsp3) is 0.111. The molecule has 5 rings (SSSR count). The Hall–Kier alpha value is -4.92. The molecular formula is C27H19N3O6. The first-order valence-electron chi connectivity index (χ1n) is 11.1. The van der Waals surface area contributed by atoms with Gasteiger partial charge in [0.1, 0.15) is 0 Å². The van der Waals surface area contributed by atoms with Crippen LogP contribution in [0.3, 0.4) is 0 Å². The average molecular weight is 481 g/mol. The van der Waals surface area contributed by atoms with E-state index in [1.54, 1.807) is 54.6 Å². The number of nitrogens with zero attached hydrogens (tertiary/aromatic N) is 2. The van der Waals surface area contributed by atoms with Crippen molar-refractivity contribution in [2.75, 3.05) is 5.32 Å². The topological polar surface area (TPSA) is 124 Å². The van der Waals surface area contributed by atoms with Crippen molar-refractivity contribution in [2.24, 2.45) is 7.05 Å².